The molecule has 29 heavy (non-hydrogen) atoms. The van der Waals surface area contributed by atoms with Gasteiger partial charge in [-0.15, -0.1) is 0 Å². The molecule has 4 rings (SSSR count). The quantitative estimate of drug-likeness (QED) is 0.566. The van der Waals surface area contributed by atoms with Crippen LogP contribution in [0.15, 0.2) is 48.8 Å². The summed E-state index contributed by atoms with van der Waals surface area (Å²) < 4.78 is 8.68. The predicted molar refractivity (Wildman–Crippen MR) is 109 cm³/mol. The summed E-state index contributed by atoms with van der Waals surface area (Å²) in [7, 11) is 3.51. The molecular weight excluding hydrogens is 368 g/mol. The fourth-order valence-corrected chi connectivity index (χ4v) is 3.28. The molecule has 0 radical (unpaired) electrons. The molecular formula is C21H22N6O2. The molecule has 1 atom stereocenters. The number of fused-ring (bicyclic) bond motifs is 1. The third kappa shape index (κ3) is 3.44. The van der Waals surface area contributed by atoms with Gasteiger partial charge in [0.2, 0.25) is 0 Å². The summed E-state index contributed by atoms with van der Waals surface area (Å²) in [6.07, 6.45) is 3.48. The summed E-state index contributed by atoms with van der Waals surface area (Å²) in [5.41, 5.74) is 4.69. The molecule has 0 bridgehead atoms. The van der Waals surface area contributed by atoms with E-state index in [1.54, 1.807) is 34.8 Å². The van der Waals surface area contributed by atoms with Gasteiger partial charge in [-0.3, -0.25) is 9.48 Å². The summed E-state index contributed by atoms with van der Waals surface area (Å²) >= 11 is 0. The van der Waals surface area contributed by atoms with Crippen molar-refractivity contribution in [1.82, 2.24) is 29.7 Å². The van der Waals surface area contributed by atoms with Crippen LogP contribution in [-0.2, 0) is 7.05 Å². The zero-order chi connectivity index (χ0) is 20.5. The van der Waals surface area contributed by atoms with E-state index in [1.165, 1.54) is 0 Å². The minimum absolute atomic E-state index is 0.185. The van der Waals surface area contributed by atoms with Crippen molar-refractivity contribution < 1.29 is 9.53 Å². The number of methoxy groups -OCH3 is 1. The van der Waals surface area contributed by atoms with Crippen molar-refractivity contribution in [2.24, 2.45) is 7.05 Å². The largest absolute Gasteiger partial charge is 0.497 e. The number of aromatic nitrogens is 5. The lowest BCUT2D eigenvalue weighted by Gasteiger charge is -2.12. The molecule has 3 aromatic heterocycles. The number of rotatable bonds is 5. The van der Waals surface area contributed by atoms with Crippen LogP contribution in [0.1, 0.15) is 34.7 Å². The van der Waals surface area contributed by atoms with Gasteiger partial charge in [0.1, 0.15) is 5.75 Å². The molecule has 0 aliphatic heterocycles. The van der Waals surface area contributed by atoms with Gasteiger partial charge in [0.25, 0.3) is 5.91 Å². The molecule has 1 N–H and O–H groups in total. The Bertz CT molecular complexity index is 1180. The van der Waals surface area contributed by atoms with Gasteiger partial charge in [-0.1, -0.05) is 0 Å². The third-order valence-corrected chi connectivity index (χ3v) is 5.06. The molecule has 4 aromatic rings. The second-order valence-corrected chi connectivity index (χ2v) is 6.86. The molecule has 0 unspecified atom stereocenters. The van der Waals surface area contributed by atoms with Gasteiger partial charge in [0.15, 0.2) is 11.3 Å². The van der Waals surface area contributed by atoms with Gasteiger partial charge in [-0.05, 0) is 44.2 Å². The number of ether oxygens (including phenoxy) is 1. The first-order valence-corrected chi connectivity index (χ1v) is 9.26. The summed E-state index contributed by atoms with van der Waals surface area (Å²) in [6, 6.07) is 11.0. The van der Waals surface area contributed by atoms with Gasteiger partial charge < -0.3 is 10.1 Å². The Morgan fingerprint density at radius 2 is 1.97 bits per heavy atom. The first-order valence-electron chi connectivity index (χ1n) is 9.26. The summed E-state index contributed by atoms with van der Waals surface area (Å²) in [6.45, 7) is 3.90. The molecule has 0 fully saturated rings. The lowest BCUT2D eigenvalue weighted by molar-refractivity contribution is 0.0934. The van der Waals surface area contributed by atoms with Gasteiger partial charge in [0, 0.05) is 36.1 Å². The topological polar surface area (TPSA) is 86.3 Å². The highest BCUT2D eigenvalue weighted by Gasteiger charge is 2.19. The Labute approximate surface area is 168 Å². The molecule has 1 aromatic carbocycles. The van der Waals surface area contributed by atoms with Crippen molar-refractivity contribution in [3.8, 4) is 17.0 Å². The number of carbonyl (C=O) groups excluding carboxylic acids is 1. The molecule has 8 heteroatoms. The smallest absolute Gasteiger partial charge is 0.272 e. The first kappa shape index (κ1) is 18.7. The molecule has 0 aliphatic rings. The molecule has 1 amide bonds. The van der Waals surface area contributed by atoms with E-state index < -0.39 is 0 Å². The van der Waals surface area contributed by atoms with Gasteiger partial charge >= 0.3 is 0 Å². The van der Waals surface area contributed by atoms with Crippen LogP contribution in [0.2, 0.25) is 0 Å². The number of nitrogens with zero attached hydrogens (tertiary/aromatic N) is 5. The number of nitrogens with one attached hydrogen (secondary N) is 1. The lowest BCUT2D eigenvalue weighted by atomic mass is 10.1. The highest BCUT2D eigenvalue weighted by molar-refractivity contribution is 5.93. The van der Waals surface area contributed by atoms with Crippen molar-refractivity contribution in [2.75, 3.05) is 7.11 Å². The van der Waals surface area contributed by atoms with Crippen LogP contribution in [-0.4, -0.2) is 37.4 Å². The van der Waals surface area contributed by atoms with Crippen molar-refractivity contribution >= 4 is 11.6 Å². The second-order valence-electron chi connectivity index (χ2n) is 6.86. The van der Waals surface area contributed by atoms with Gasteiger partial charge in [0.05, 0.1) is 25.0 Å². The van der Waals surface area contributed by atoms with Gasteiger partial charge in [-0.2, -0.15) is 10.2 Å². The summed E-state index contributed by atoms with van der Waals surface area (Å²) in [5.74, 6) is 0.520. The SMILES string of the molecule is COc1ccc(-c2ccnc3cc(C(=O)N[C@@H](C)c4cnn(C)c4C)nn23)cc1. The van der Waals surface area contributed by atoms with Crippen LogP contribution in [0.3, 0.4) is 0 Å². The van der Waals surface area contributed by atoms with Crippen LogP contribution in [0, 0.1) is 6.92 Å². The van der Waals surface area contributed by atoms with E-state index in [9.17, 15) is 4.79 Å². The zero-order valence-electron chi connectivity index (χ0n) is 16.7. The number of hydrogen-bond donors (Lipinski definition) is 1. The van der Waals surface area contributed by atoms with E-state index in [1.807, 2.05) is 51.2 Å². The molecule has 3 heterocycles. The highest BCUT2D eigenvalue weighted by atomic mass is 16.5. The Kier molecular flexibility index (Phi) is 4.75. The molecule has 0 spiro atoms. The Morgan fingerprint density at radius 3 is 2.62 bits per heavy atom. The van der Waals surface area contributed by atoms with Crippen molar-refractivity contribution in [1.29, 1.82) is 0 Å². The molecule has 8 nitrogen and oxygen atoms in total. The number of benzene rings is 1. The molecule has 0 saturated carbocycles. The zero-order valence-corrected chi connectivity index (χ0v) is 16.7. The van der Waals surface area contributed by atoms with Crippen LogP contribution in [0.4, 0.5) is 0 Å². The Morgan fingerprint density at radius 1 is 1.21 bits per heavy atom. The number of carbonyl (C=O) groups is 1. The Hall–Kier alpha value is -3.68. The van der Waals surface area contributed by atoms with E-state index in [-0.39, 0.29) is 11.9 Å². The van der Waals surface area contributed by atoms with Crippen molar-refractivity contribution in [3.63, 3.8) is 0 Å². The summed E-state index contributed by atoms with van der Waals surface area (Å²) in [5, 5.41) is 11.7. The van der Waals surface area contributed by atoms with E-state index in [0.717, 1.165) is 28.3 Å². The molecule has 0 saturated heterocycles. The Balaban J connectivity index is 1.63. The number of hydrogen-bond acceptors (Lipinski definition) is 5. The van der Waals surface area contributed by atoms with Crippen molar-refractivity contribution in [3.05, 3.63) is 65.7 Å². The first-order chi connectivity index (χ1) is 14.0. The van der Waals surface area contributed by atoms with E-state index in [0.29, 0.717) is 11.3 Å². The monoisotopic (exact) mass is 390 g/mol. The summed E-state index contributed by atoms with van der Waals surface area (Å²) in [4.78, 5) is 17.1. The average molecular weight is 390 g/mol. The number of aryl methyl sites for hydroxylation is 1. The average Bonchev–Trinajstić information content (AvgIpc) is 3.31. The fourth-order valence-electron chi connectivity index (χ4n) is 3.28. The predicted octanol–water partition coefficient (Wildman–Crippen LogP) is 2.94. The van der Waals surface area contributed by atoms with E-state index in [4.69, 9.17) is 4.74 Å². The molecule has 0 aliphatic carbocycles. The maximum Gasteiger partial charge on any atom is 0.272 e. The second kappa shape index (κ2) is 7.38. The minimum atomic E-state index is -0.257. The number of amides is 1. The van der Waals surface area contributed by atoms with E-state index >= 15 is 0 Å². The van der Waals surface area contributed by atoms with E-state index in [2.05, 4.69) is 20.5 Å². The standard InChI is InChI=1S/C21H22N6O2/c1-13(17-12-23-26(3)14(17)2)24-21(28)18-11-20-22-10-9-19(27(20)25-18)15-5-7-16(29-4)8-6-15/h5-13H,1-4H3,(H,24,28)/t13-/m0/s1. The van der Waals surface area contributed by atoms with Crippen LogP contribution < -0.4 is 10.1 Å². The van der Waals surface area contributed by atoms with Gasteiger partial charge in [-0.25, -0.2) is 9.50 Å². The lowest BCUT2D eigenvalue weighted by Crippen LogP contribution is -2.27. The maximum atomic E-state index is 12.8. The van der Waals surface area contributed by atoms with Crippen LogP contribution >= 0.6 is 0 Å². The third-order valence-electron chi connectivity index (χ3n) is 5.06. The molecule has 148 valence electrons. The maximum absolute atomic E-state index is 12.8. The normalized spacial score (nSPS) is 12.1. The van der Waals surface area contributed by atoms with Crippen LogP contribution in [0.25, 0.3) is 16.9 Å². The highest BCUT2D eigenvalue weighted by Crippen LogP contribution is 2.23. The minimum Gasteiger partial charge on any atom is -0.497 e. The fraction of sp³-hybridized carbons (Fsp3) is 0.238. The van der Waals surface area contributed by atoms with Crippen LogP contribution in [0.5, 0.6) is 5.75 Å². The van der Waals surface area contributed by atoms with Crippen molar-refractivity contribution in [2.45, 2.75) is 19.9 Å².